The highest BCUT2D eigenvalue weighted by Gasteiger charge is 2.13. The first kappa shape index (κ1) is 11.2. The van der Waals surface area contributed by atoms with E-state index in [2.05, 4.69) is 19.2 Å². The van der Waals surface area contributed by atoms with Crippen molar-refractivity contribution in [3.63, 3.8) is 0 Å². The maximum Gasteiger partial charge on any atom is 0.0619 e. The Kier molecular flexibility index (Phi) is 5.92. The zero-order chi connectivity index (χ0) is 7.40. The molecule has 0 bridgehead atoms. The van der Waals surface area contributed by atoms with Gasteiger partial charge in [0.1, 0.15) is 0 Å². The molecule has 1 N–H and O–H groups in total. The third-order valence-electron chi connectivity index (χ3n) is 1.73. The van der Waals surface area contributed by atoms with E-state index in [9.17, 15) is 0 Å². The largest absolute Gasteiger partial charge is 0.380 e. The average molecular weight is 180 g/mol. The van der Waals surface area contributed by atoms with Crippen LogP contribution >= 0.6 is 12.4 Å². The average Bonchev–Trinajstić information content (AvgIpc) is 1.88. The molecule has 0 aromatic carbocycles. The van der Waals surface area contributed by atoms with Gasteiger partial charge in [-0.2, -0.15) is 0 Å². The predicted octanol–water partition coefficient (Wildman–Crippen LogP) is 1.59. The second kappa shape index (κ2) is 5.81. The van der Waals surface area contributed by atoms with Crippen molar-refractivity contribution < 1.29 is 4.74 Å². The van der Waals surface area contributed by atoms with E-state index in [0.717, 1.165) is 13.2 Å². The van der Waals surface area contributed by atoms with Crippen LogP contribution in [-0.4, -0.2) is 25.3 Å². The van der Waals surface area contributed by atoms with Crippen LogP contribution in [0.5, 0.6) is 0 Å². The van der Waals surface area contributed by atoms with Crippen LogP contribution in [0.4, 0.5) is 0 Å². The van der Waals surface area contributed by atoms with Crippen LogP contribution in [0.1, 0.15) is 26.7 Å². The van der Waals surface area contributed by atoms with Crippen molar-refractivity contribution in [2.24, 2.45) is 0 Å². The second-order valence-corrected chi connectivity index (χ2v) is 3.24. The van der Waals surface area contributed by atoms with Crippen LogP contribution in [-0.2, 0) is 4.74 Å². The van der Waals surface area contributed by atoms with Gasteiger partial charge in [-0.3, -0.25) is 0 Å². The zero-order valence-electron chi connectivity index (χ0n) is 7.30. The normalized spacial score (nSPS) is 24.8. The molecule has 68 valence electrons. The topological polar surface area (TPSA) is 21.3 Å². The molecular weight excluding hydrogens is 162 g/mol. The first-order chi connectivity index (χ1) is 4.79. The second-order valence-electron chi connectivity index (χ2n) is 3.24. The lowest BCUT2D eigenvalue weighted by atomic mass is 10.1. The third-order valence-corrected chi connectivity index (χ3v) is 1.73. The fraction of sp³-hybridized carbons (Fsp3) is 1.00. The van der Waals surface area contributed by atoms with Gasteiger partial charge in [0.15, 0.2) is 0 Å². The first-order valence-corrected chi connectivity index (χ1v) is 4.13. The Morgan fingerprint density at radius 3 is 2.64 bits per heavy atom. The van der Waals surface area contributed by atoms with Gasteiger partial charge in [0.25, 0.3) is 0 Å². The summed E-state index contributed by atoms with van der Waals surface area (Å²) in [7, 11) is 0. The minimum atomic E-state index is 0. The molecule has 1 rings (SSSR count). The zero-order valence-corrected chi connectivity index (χ0v) is 8.12. The van der Waals surface area contributed by atoms with Crippen molar-refractivity contribution in [2.75, 3.05) is 13.2 Å². The summed E-state index contributed by atoms with van der Waals surface area (Å²) in [6.45, 7) is 6.21. The molecule has 0 spiro atoms. The maximum atomic E-state index is 5.32. The van der Waals surface area contributed by atoms with Crippen LogP contribution in [0, 0.1) is 0 Å². The third kappa shape index (κ3) is 4.62. The van der Waals surface area contributed by atoms with Gasteiger partial charge in [-0.25, -0.2) is 0 Å². The molecule has 0 aromatic rings. The number of hydrogen-bond acceptors (Lipinski definition) is 2. The molecule has 1 heterocycles. The van der Waals surface area contributed by atoms with Gasteiger partial charge in [0.05, 0.1) is 6.61 Å². The lowest BCUT2D eigenvalue weighted by Gasteiger charge is -2.24. The minimum Gasteiger partial charge on any atom is -0.380 e. The van der Waals surface area contributed by atoms with Gasteiger partial charge in [0.2, 0.25) is 0 Å². The SMILES string of the molecule is CC(C)N[C@H]1CCCOC1.Cl. The highest BCUT2D eigenvalue weighted by atomic mass is 35.5. The smallest absolute Gasteiger partial charge is 0.0619 e. The van der Waals surface area contributed by atoms with Crippen LogP contribution < -0.4 is 5.32 Å². The molecule has 3 heteroatoms. The molecule has 1 fully saturated rings. The van der Waals surface area contributed by atoms with Gasteiger partial charge in [-0.1, -0.05) is 13.8 Å². The van der Waals surface area contributed by atoms with Gasteiger partial charge in [-0.05, 0) is 12.8 Å². The van der Waals surface area contributed by atoms with E-state index < -0.39 is 0 Å². The first-order valence-electron chi connectivity index (χ1n) is 4.13. The lowest BCUT2D eigenvalue weighted by molar-refractivity contribution is 0.0678. The monoisotopic (exact) mass is 179 g/mol. The van der Waals surface area contributed by atoms with Gasteiger partial charge >= 0.3 is 0 Å². The Balaban J connectivity index is 0.000001000. The van der Waals surface area contributed by atoms with Crippen molar-refractivity contribution in [1.29, 1.82) is 0 Å². The number of ether oxygens (including phenoxy) is 1. The summed E-state index contributed by atoms with van der Waals surface area (Å²) in [5, 5.41) is 3.46. The van der Waals surface area contributed by atoms with Gasteiger partial charge in [-0.15, -0.1) is 12.4 Å². The molecule has 1 atom stereocenters. The molecule has 11 heavy (non-hydrogen) atoms. The Morgan fingerprint density at radius 2 is 2.18 bits per heavy atom. The van der Waals surface area contributed by atoms with Crippen molar-refractivity contribution >= 4 is 12.4 Å². The Bertz CT molecular complexity index is 92.1. The fourth-order valence-corrected chi connectivity index (χ4v) is 1.34. The van der Waals surface area contributed by atoms with Crippen molar-refractivity contribution in [3.05, 3.63) is 0 Å². The van der Waals surface area contributed by atoms with E-state index in [0.29, 0.717) is 12.1 Å². The number of nitrogens with one attached hydrogen (secondary N) is 1. The minimum absolute atomic E-state index is 0. The van der Waals surface area contributed by atoms with E-state index >= 15 is 0 Å². The fourth-order valence-electron chi connectivity index (χ4n) is 1.34. The summed E-state index contributed by atoms with van der Waals surface area (Å²) < 4.78 is 5.32. The van der Waals surface area contributed by atoms with E-state index in [1.807, 2.05) is 0 Å². The predicted molar refractivity (Wildman–Crippen MR) is 49.4 cm³/mol. The van der Waals surface area contributed by atoms with Crippen molar-refractivity contribution in [2.45, 2.75) is 38.8 Å². The molecule has 0 unspecified atom stereocenters. The van der Waals surface area contributed by atoms with E-state index in [4.69, 9.17) is 4.74 Å². The van der Waals surface area contributed by atoms with Crippen LogP contribution in [0.15, 0.2) is 0 Å². The number of hydrogen-bond donors (Lipinski definition) is 1. The molecule has 2 nitrogen and oxygen atoms in total. The lowest BCUT2D eigenvalue weighted by Crippen LogP contribution is -2.40. The molecule has 1 saturated heterocycles. The molecule has 0 saturated carbocycles. The summed E-state index contributed by atoms with van der Waals surface area (Å²) in [6.07, 6.45) is 2.49. The highest BCUT2D eigenvalue weighted by molar-refractivity contribution is 5.85. The van der Waals surface area contributed by atoms with Gasteiger partial charge < -0.3 is 10.1 Å². The molecule has 0 aromatic heterocycles. The summed E-state index contributed by atoms with van der Waals surface area (Å²) in [5.41, 5.74) is 0. The highest BCUT2D eigenvalue weighted by Crippen LogP contribution is 2.05. The summed E-state index contributed by atoms with van der Waals surface area (Å²) in [5.74, 6) is 0. The quantitative estimate of drug-likeness (QED) is 0.695. The molecule has 1 aliphatic rings. The van der Waals surface area contributed by atoms with E-state index in [-0.39, 0.29) is 12.4 Å². The van der Waals surface area contributed by atoms with Crippen molar-refractivity contribution in [1.82, 2.24) is 5.32 Å². The van der Waals surface area contributed by atoms with Crippen molar-refractivity contribution in [3.8, 4) is 0 Å². The molecule has 0 radical (unpaired) electrons. The number of halogens is 1. The summed E-state index contributed by atoms with van der Waals surface area (Å²) in [4.78, 5) is 0. The van der Waals surface area contributed by atoms with E-state index in [1.165, 1.54) is 12.8 Å². The van der Waals surface area contributed by atoms with E-state index in [1.54, 1.807) is 0 Å². The van der Waals surface area contributed by atoms with Crippen LogP contribution in [0.25, 0.3) is 0 Å². The molecule has 0 aliphatic carbocycles. The Hall–Kier alpha value is 0.210. The standard InChI is InChI=1S/C8H17NO.ClH/c1-7(2)9-8-4-3-5-10-6-8;/h7-9H,3-6H2,1-2H3;1H/t8-;/m0./s1. The summed E-state index contributed by atoms with van der Waals surface area (Å²) >= 11 is 0. The Labute approximate surface area is 75.1 Å². The molecule has 1 aliphatic heterocycles. The maximum absolute atomic E-state index is 5.32. The van der Waals surface area contributed by atoms with Crippen LogP contribution in [0.3, 0.4) is 0 Å². The summed E-state index contributed by atoms with van der Waals surface area (Å²) in [6, 6.07) is 1.19. The molecule has 0 amide bonds. The number of rotatable bonds is 2. The molecular formula is C8H18ClNO. The van der Waals surface area contributed by atoms with Crippen LogP contribution in [0.2, 0.25) is 0 Å². The Morgan fingerprint density at radius 1 is 1.45 bits per heavy atom. The van der Waals surface area contributed by atoms with Gasteiger partial charge in [0, 0.05) is 18.7 Å².